The van der Waals surface area contributed by atoms with Gasteiger partial charge in [0, 0.05) is 33.7 Å². The molecule has 0 amide bonds. The van der Waals surface area contributed by atoms with E-state index in [-0.39, 0.29) is 11.4 Å². The van der Waals surface area contributed by atoms with Crippen molar-refractivity contribution >= 4 is 29.4 Å². The summed E-state index contributed by atoms with van der Waals surface area (Å²) >= 11 is 1.52. The minimum Gasteiger partial charge on any atom is -0.504 e. The van der Waals surface area contributed by atoms with E-state index < -0.39 is 4.92 Å². The van der Waals surface area contributed by atoms with Crippen molar-refractivity contribution in [1.82, 2.24) is 0 Å². The van der Waals surface area contributed by atoms with Crippen LogP contribution >= 0.6 is 11.8 Å². The number of nitro groups is 1. The molecule has 0 atom stereocenters. The van der Waals surface area contributed by atoms with Crippen molar-refractivity contribution in [3.05, 3.63) is 94.6 Å². The lowest BCUT2D eigenvalue weighted by molar-refractivity contribution is -0.384. The highest BCUT2D eigenvalue weighted by atomic mass is 32.2. The largest absolute Gasteiger partial charge is 0.504 e. The average molecular weight is 435 g/mol. The number of aromatic hydroxyl groups is 1. The predicted octanol–water partition coefficient (Wildman–Crippen LogP) is 6.33. The Morgan fingerprint density at radius 3 is 2.35 bits per heavy atom. The van der Waals surface area contributed by atoms with E-state index in [0.717, 1.165) is 26.6 Å². The molecular weight excluding hydrogens is 412 g/mol. The Balaban J connectivity index is 1.73. The number of phenols is 1. The van der Waals surface area contributed by atoms with E-state index in [1.807, 2.05) is 37.3 Å². The van der Waals surface area contributed by atoms with Crippen molar-refractivity contribution < 1.29 is 14.8 Å². The topological polar surface area (TPSA) is 85.0 Å². The second kappa shape index (κ2) is 10.4. The molecule has 1 N–H and O–H groups in total. The van der Waals surface area contributed by atoms with Gasteiger partial charge in [0.25, 0.3) is 5.69 Å². The molecule has 0 radical (unpaired) electrons. The first-order valence-electron chi connectivity index (χ1n) is 9.66. The van der Waals surface area contributed by atoms with Crippen LogP contribution in [-0.4, -0.2) is 22.9 Å². The Labute approximate surface area is 185 Å². The maximum absolute atomic E-state index is 10.8. The van der Waals surface area contributed by atoms with Crippen LogP contribution in [0.1, 0.15) is 18.1 Å². The van der Waals surface area contributed by atoms with Gasteiger partial charge in [-0.2, -0.15) is 0 Å². The van der Waals surface area contributed by atoms with Crippen LogP contribution < -0.4 is 4.74 Å². The number of hydrogen-bond acceptors (Lipinski definition) is 6. The summed E-state index contributed by atoms with van der Waals surface area (Å²) in [6.07, 6.45) is 3.99. The van der Waals surface area contributed by atoms with Crippen LogP contribution in [0.15, 0.2) is 88.1 Å². The van der Waals surface area contributed by atoms with Crippen LogP contribution in [-0.2, 0) is 6.42 Å². The lowest BCUT2D eigenvalue weighted by Crippen LogP contribution is -1.96. The Bertz CT molecular complexity index is 1090. The SMILES string of the molecule is C=CCc1cc(C=Nc2ccc(Sc3ccc([N+](=O)[O-])cc3)cc2)cc(OCC)c1O. The van der Waals surface area contributed by atoms with Crippen molar-refractivity contribution in [1.29, 1.82) is 0 Å². The van der Waals surface area contributed by atoms with Crippen molar-refractivity contribution in [2.45, 2.75) is 23.1 Å². The number of aliphatic imine (C=N–C) groups is 1. The molecule has 0 aliphatic carbocycles. The normalized spacial score (nSPS) is 10.9. The molecule has 6 nitrogen and oxygen atoms in total. The second-order valence-electron chi connectivity index (χ2n) is 6.56. The van der Waals surface area contributed by atoms with Crippen LogP contribution in [0.3, 0.4) is 0 Å². The molecule has 0 unspecified atom stereocenters. The lowest BCUT2D eigenvalue weighted by atomic mass is 10.1. The summed E-state index contributed by atoms with van der Waals surface area (Å²) in [6.45, 7) is 6.05. The molecule has 0 bridgehead atoms. The van der Waals surface area contributed by atoms with E-state index in [1.165, 1.54) is 23.9 Å². The van der Waals surface area contributed by atoms with Crippen molar-refractivity contribution in [2.24, 2.45) is 4.99 Å². The number of phenolic OH excluding ortho intramolecular Hbond substituents is 1. The first kappa shape index (κ1) is 22.1. The van der Waals surface area contributed by atoms with Gasteiger partial charge in [-0.15, -0.1) is 6.58 Å². The summed E-state index contributed by atoms with van der Waals surface area (Å²) < 4.78 is 5.52. The molecule has 31 heavy (non-hydrogen) atoms. The smallest absolute Gasteiger partial charge is 0.269 e. The number of hydrogen-bond donors (Lipinski definition) is 1. The van der Waals surface area contributed by atoms with Crippen LogP contribution in [0.5, 0.6) is 11.5 Å². The molecule has 0 fully saturated rings. The number of nitro benzene ring substituents is 1. The minimum absolute atomic E-state index is 0.0759. The number of ether oxygens (including phenoxy) is 1. The molecular formula is C24H22N2O4S. The van der Waals surface area contributed by atoms with Gasteiger partial charge in [0.1, 0.15) is 0 Å². The van der Waals surface area contributed by atoms with E-state index >= 15 is 0 Å². The minimum atomic E-state index is -0.410. The van der Waals surface area contributed by atoms with Gasteiger partial charge in [-0.1, -0.05) is 17.8 Å². The summed E-state index contributed by atoms with van der Waals surface area (Å²) in [4.78, 5) is 16.8. The molecule has 3 aromatic carbocycles. The molecule has 158 valence electrons. The van der Waals surface area contributed by atoms with Gasteiger partial charge < -0.3 is 9.84 Å². The fourth-order valence-electron chi connectivity index (χ4n) is 2.86. The quantitative estimate of drug-likeness (QED) is 0.184. The van der Waals surface area contributed by atoms with Gasteiger partial charge in [-0.3, -0.25) is 15.1 Å². The third-order valence-corrected chi connectivity index (χ3v) is 5.34. The van der Waals surface area contributed by atoms with Gasteiger partial charge in [-0.25, -0.2) is 0 Å². The fourth-order valence-corrected chi connectivity index (χ4v) is 3.68. The molecule has 0 aliphatic heterocycles. The first-order chi connectivity index (χ1) is 15.0. The standard InChI is InChI=1S/C24H22N2O4S/c1-3-5-18-14-17(15-23(24(18)27)30-4-2)16-25-19-6-10-21(11-7-19)31-22-12-8-20(9-13-22)26(28)29/h3,6-16,27H,1,4-5H2,2H3. The molecule has 0 saturated carbocycles. The zero-order valence-corrected chi connectivity index (χ0v) is 17.8. The Morgan fingerprint density at radius 1 is 1.13 bits per heavy atom. The molecule has 3 aromatic rings. The van der Waals surface area contributed by atoms with Gasteiger partial charge in [0.05, 0.1) is 17.2 Å². The molecule has 3 rings (SSSR count). The number of allylic oxidation sites excluding steroid dienone is 1. The highest BCUT2D eigenvalue weighted by molar-refractivity contribution is 7.99. The summed E-state index contributed by atoms with van der Waals surface area (Å²) in [6, 6.07) is 17.8. The van der Waals surface area contributed by atoms with E-state index in [4.69, 9.17) is 4.74 Å². The molecule has 0 saturated heterocycles. The van der Waals surface area contributed by atoms with Crippen molar-refractivity contribution in [3.63, 3.8) is 0 Å². The fraction of sp³-hybridized carbons (Fsp3) is 0.125. The third kappa shape index (κ3) is 5.96. The van der Waals surface area contributed by atoms with Gasteiger partial charge in [-0.05, 0) is 67.4 Å². The van der Waals surface area contributed by atoms with Crippen LogP contribution in [0.4, 0.5) is 11.4 Å². The summed E-state index contributed by atoms with van der Waals surface area (Å²) in [5.41, 5.74) is 2.41. The van der Waals surface area contributed by atoms with Gasteiger partial charge in [0.15, 0.2) is 11.5 Å². The van der Waals surface area contributed by atoms with Gasteiger partial charge in [0.2, 0.25) is 0 Å². The van der Waals surface area contributed by atoms with Gasteiger partial charge >= 0.3 is 0 Å². The first-order valence-corrected chi connectivity index (χ1v) is 10.5. The monoisotopic (exact) mass is 434 g/mol. The van der Waals surface area contributed by atoms with E-state index in [1.54, 1.807) is 30.5 Å². The van der Waals surface area contributed by atoms with Crippen molar-refractivity contribution in [2.75, 3.05) is 6.61 Å². The molecule has 7 heteroatoms. The maximum Gasteiger partial charge on any atom is 0.269 e. The zero-order valence-electron chi connectivity index (χ0n) is 17.0. The zero-order chi connectivity index (χ0) is 22.2. The lowest BCUT2D eigenvalue weighted by Gasteiger charge is -2.10. The van der Waals surface area contributed by atoms with E-state index in [2.05, 4.69) is 11.6 Å². The third-order valence-electron chi connectivity index (χ3n) is 4.32. The number of rotatable bonds is 9. The molecule has 0 aliphatic rings. The number of non-ortho nitro benzene ring substituents is 1. The van der Waals surface area contributed by atoms with E-state index in [9.17, 15) is 15.2 Å². The highest BCUT2D eigenvalue weighted by Gasteiger charge is 2.10. The summed E-state index contributed by atoms with van der Waals surface area (Å²) in [7, 11) is 0. The Kier molecular flexibility index (Phi) is 7.45. The molecule has 0 heterocycles. The summed E-state index contributed by atoms with van der Waals surface area (Å²) in [5.74, 6) is 0.560. The van der Waals surface area contributed by atoms with E-state index in [0.29, 0.717) is 18.8 Å². The molecule has 0 aromatic heterocycles. The molecule has 0 spiro atoms. The number of nitrogens with zero attached hydrogens (tertiary/aromatic N) is 2. The van der Waals surface area contributed by atoms with Crippen LogP contribution in [0.25, 0.3) is 0 Å². The van der Waals surface area contributed by atoms with Crippen LogP contribution in [0.2, 0.25) is 0 Å². The second-order valence-corrected chi connectivity index (χ2v) is 7.70. The Hall–Kier alpha value is -3.58. The maximum atomic E-state index is 10.8. The predicted molar refractivity (Wildman–Crippen MR) is 124 cm³/mol. The van der Waals surface area contributed by atoms with Crippen LogP contribution in [0, 0.1) is 10.1 Å². The van der Waals surface area contributed by atoms with Crippen molar-refractivity contribution in [3.8, 4) is 11.5 Å². The number of benzene rings is 3. The highest BCUT2D eigenvalue weighted by Crippen LogP contribution is 2.33. The Morgan fingerprint density at radius 2 is 1.77 bits per heavy atom. The average Bonchev–Trinajstić information content (AvgIpc) is 2.77. The summed E-state index contributed by atoms with van der Waals surface area (Å²) in [5, 5.41) is 21.1.